The number of nitrogens with one attached hydrogen (secondary N) is 1. The molecule has 37 heavy (non-hydrogen) atoms. The van der Waals surface area contributed by atoms with Crippen LogP contribution in [0.4, 0.5) is 28.9 Å². The SMILES string of the molecule is Cc1ccc(N2CC(CCNC(C)c3cccc4ccccc34)Oc3cccc(F)c32)cc1C(F)(F)F. The summed E-state index contributed by atoms with van der Waals surface area (Å²) in [5.74, 6) is -0.208. The van der Waals surface area contributed by atoms with E-state index in [0.29, 0.717) is 18.7 Å². The molecule has 0 saturated heterocycles. The molecule has 2 unspecified atom stereocenters. The Morgan fingerprint density at radius 3 is 2.57 bits per heavy atom. The zero-order valence-electron chi connectivity index (χ0n) is 20.6. The summed E-state index contributed by atoms with van der Waals surface area (Å²) in [4.78, 5) is 1.60. The summed E-state index contributed by atoms with van der Waals surface area (Å²) in [6, 6.07) is 23.2. The molecule has 7 heteroatoms. The normalized spacial score (nSPS) is 16.4. The van der Waals surface area contributed by atoms with E-state index >= 15 is 0 Å². The fourth-order valence-electron chi connectivity index (χ4n) is 5.03. The number of anilines is 2. The Balaban J connectivity index is 1.35. The summed E-state index contributed by atoms with van der Waals surface area (Å²) < 4.78 is 61.8. The van der Waals surface area contributed by atoms with Crippen molar-refractivity contribution < 1.29 is 22.3 Å². The van der Waals surface area contributed by atoms with Crippen LogP contribution in [0.25, 0.3) is 10.8 Å². The lowest BCUT2D eigenvalue weighted by atomic mass is 9.99. The van der Waals surface area contributed by atoms with Crippen LogP contribution in [0.1, 0.15) is 36.1 Å². The molecule has 0 fully saturated rings. The Kier molecular flexibility index (Phi) is 6.82. The van der Waals surface area contributed by atoms with Crippen LogP contribution < -0.4 is 15.0 Å². The molecule has 0 spiro atoms. The topological polar surface area (TPSA) is 24.5 Å². The maximum atomic E-state index is 14.9. The Morgan fingerprint density at radius 2 is 1.76 bits per heavy atom. The van der Waals surface area contributed by atoms with Crippen LogP contribution in [0.15, 0.2) is 78.9 Å². The summed E-state index contributed by atoms with van der Waals surface area (Å²) in [7, 11) is 0. The van der Waals surface area contributed by atoms with Gasteiger partial charge < -0.3 is 15.0 Å². The van der Waals surface area contributed by atoms with E-state index < -0.39 is 17.6 Å². The second-order valence-corrected chi connectivity index (χ2v) is 9.47. The first-order valence-electron chi connectivity index (χ1n) is 12.3. The van der Waals surface area contributed by atoms with Crippen molar-refractivity contribution in [2.45, 2.75) is 38.6 Å². The van der Waals surface area contributed by atoms with Gasteiger partial charge in [-0.05, 0) is 73.0 Å². The third kappa shape index (κ3) is 5.14. The number of para-hydroxylation sites is 1. The zero-order valence-corrected chi connectivity index (χ0v) is 20.6. The van der Waals surface area contributed by atoms with E-state index in [0.717, 1.165) is 6.07 Å². The first kappa shape index (κ1) is 25.1. The highest BCUT2D eigenvalue weighted by atomic mass is 19.4. The second kappa shape index (κ2) is 10.1. The van der Waals surface area contributed by atoms with Crippen LogP contribution in [0, 0.1) is 12.7 Å². The lowest BCUT2D eigenvalue weighted by Crippen LogP contribution is -2.40. The highest BCUT2D eigenvalue weighted by Gasteiger charge is 2.35. The lowest BCUT2D eigenvalue weighted by Gasteiger charge is -2.37. The number of aryl methyl sites for hydroxylation is 1. The van der Waals surface area contributed by atoms with Crippen LogP contribution in [-0.2, 0) is 6.18 Å². The van der Waals surface area contributed by atoms with Crippen molar-refractivity contribution in [3.8, 4) is 5.75 Å². The molecule has 1 heterocycles. The van der Waals surface area contributed by atoms with E-state index in [4.69, 9.17) is 4.74 Å². The minimum Gasteiger partial charge on any atom is -0.486 e. The number of alkyl halides is 3. The van der Waals surface area contributed by atoms with Gasteiger partial charge in [-0.3, -0.25) is 0 Å². The molecule has 2 atom stereocenters. The van der Waals surface area contributed by atoms with Gasteiger partial charge in [0.1, 0.15) is 17.5 Å². The molecule has 0 aliphatic carbocycles. The van der Waals surface area contributed by atoms with E-state index in [1.807, 2.05) is 18.2 Å². The molecule has 0 amide bonds. The Bertz CT molecular complexity index is 1410. The van der Waals surface area contributed by atoms with Gasteiger partial charge in [-0.25, -0.2) is 4.39 Å². The van der Waals surface area contributed by atoms with Crippen molar-refractivity contribution in [1.82, 2.24) is 5.32 Å². The first-order chi connectivity index (χ1) is 17.7. The Morgan fingerprint density at radius 1 is 1.00 bits per heavy atom. The molecule has 1 aliphatic rings. The molecule has 0 aromatic heterocycles. The molecular weight excluding hydrogens is 480 g/mol. The van der Waals surface area contributed by atoms with Gasteiger partial charge in [-0.2, -0.15) is 13.2 Å². The number of nitrogens with zero attached hydrogens (tertiary/aromatic N) is 1. The fourth-order valence-corrected chi connectivity index (χ4v) is 5.03. The number of hydrogen-bond donors (Lipinski definition) is 1. The predicted octanol–water partition coefficient (Wildman–Crippen LogP) is 7.95. The van der Waals surface area contributed by atoms with Gasteiger partial charge in [0.15, 0.2) is 5.82 Å². The summed E-state index contributed by atoms with van der Waals surface area (Å²) >= 11 is 0. The van der Waals surface area contributed by atoms with Crippen LogP contribution in [0.3, 0.4) is 0 Å². The van der Waals surface area contributed by atoms with E-state index in [9.17, 15) is 17.6 Å². The average Bonchev–Trinajstić information content (AvgIpc) is 2.87. The smallest absolute Gasteiger partial charge is 0.416 e. The molecular formula is C30H28F4N2O. The summed E-state index contributed by atoms with van der Waals surface area (Å²) in [6.45, 7) is 4.38. The molecule has 0 saturated carbocycles. The average molecular weight is 509 g/mol. The predicted molar refractivity (Wildman–Crippen MR) is 139 cm³/mol. The van der Waals surface area contributed by atoms with Crippen molar-refractivity contribution in [1.29, 1.82) is 0 Å². The zero-order chi connectivity index (χ0) is 26.2. The van der Waals surface area contributed by atoms with Gasteiger partial charge in [0.2, 0.25) is 0 Å². The van der Waals surface area contributed by atoms with Crippen LogP contribution in [0.2, 0.25) is 0 Å². The molecule has 4 aromatic carbocycles. The number of ether oxygens (including phenoxy) is 1. The minimum atomic E-state index is -4.49. The van der Waals surface area contributed by atoms with Crippen molar-refractivity contribution in [3.63, 3.8) is 0 Å². The lowest BCUT2D eigenvalue weighted by molar-refractivity contribution is -0.138. The van der Waals surface area contributed by atoms with E-state index in [1.54, 1.807) is 23.1 Å². The largest absolute Gasteiger partial charge is 0.486 e. The number of rotatable bonds is 6. The minimum absolute atomic E-state index is 0.0852. The molecule has 3 nitrogen and oxygen atoms in total. The van der Waals surface area contributed by atoms with Gasteiger partial charge in [-0.15, -0.1) is 0 Å². The Hall–Kier alpha value is -3.58. The summed E-state index contributed by atoms with van der Waals surface area (Å²) in [5.41, 5.74) is 1.04. The molecule has 0 bridgehead atoms. The molecule has 1 N–H and O–H groups in total. The van der Waals surface area contributed by atoms with E-state index in [-0.39, 0.29) is 35.6 Å². The van der Waals surface area contributed by atoms with E-state index in [2.05, 4.69) is 36.5 Å². The van der Waals surface area contributed by atoms with E-state index in [1.165, 1.54) is 35.4 Å². The maximum Gasteiger partial charge on any atom is 0.416 e. The standard InChI is InChI=1S/C30H28F4N2O/c1-19-13-14-22(17-26(19)30(32,33)34)36-18-23(37-28-12-6-11-27(31)29(28)36)15-16-35-20(2)24-10-5-8-21-7-3-4-9-25(21)24/h3-14,17,20,23,35H,15-16,18H2,1-2H3. The third-order valence-corrected chi connectivity index (χ3v) is 6.94. The van der Waals surface area contributed by atoms with Crippen molar-refractivity contribution >= 4 is 22.1 Å². The van der Waals surface area contributed by atoms with Crippen LogP contribution in [0.5, 0.6) is 5.75 Å². The maximum absolute atomic E-state index is 14.9. The Labute approximate surface area is 213 Å². The molecule has 4 aromatic rings. The first-order valence-corrected chi connectivity index (χ1v) is 12.3. The molecule has 0 radical (unpaired) electrons. The van der Waals surface area contributed by atoms with Gasteiger partial charge in [-0.1, -0.05) is 54.6 Å². The van der Waals surface area contributed by atoms with Crippen LogP contribution in [-0.4, -0.2) is 19.2 Å². The van der Waals surface area contributed by atoms with Crippen molar-refractivity contribution in [3.05, 3.63) is 101 Å². The molecule has 1 aliphatic heterocycles. The fraction of sp³-hybridized carbons (Fsp3) is 0.267. The van der Waals surface area contributed by atoms with Gasteiger partial charge in [0, 0.05) is 11.7 Å². The van der Waals surface area contributed by atoms with Crippen molar-refractivity contribution in [2.75, 3.05) is 18.0 Å². The van der Waals surface area contributed by atoms with Crippen LogP contribution >= 0.6 is 0 Å². The monoisotopic (exact) mass is 508 g/mol. The number of halogens is 4. The summed E-state index contributed by atoms with van der Waals surface area (Å²) in [6.07, 6.45) is -4.23. The highest BCUT2D eigenvalue weighted by molar-refractivity contribution is 5.86. The highest BCUT2D eigenvalue weighted by Crippen LogP contribution is 2.42. The van der Waals surface area contributed by atoms with Crippen molar-refractivity contribution in [2.24, 2.45) is 0 Å². The second-order valence-electron chi connectivity index (χ2n) is 9.47. The molecule has 5 rings (SSSR count). The number of benzene rings is 4. The number of hydrogen-bond acceptors (Lipinski definition) is 3. The van der Waals surface area contributed by atoms with Gasteiger partial charge in [0.05, 0.1) is 12.1 Å². The van der Waals surface area contributed by atoms with Gasteiger partial charge >= 0.3 is 6.18 Å². The number of fused-ring (bicyclic) bond motifs is 2. The van der Waals surface area contributed by atoms with Gasteiger partial charge in [0.25, 0.3) is 0 Å². The third-order valence-electron chi connectivity index (χ3n) is 6.94. The molecule has 192 valence electrons. The summed E-state index contributed by atoms with van der Waals surface area (Å²) in [5, 5.41) is 5.91. The quantitative estimate of drug-likeness (QED) is 0.268.